The Kier molecular flexibility index (Phi) is 3.98. The van der Waals surface area contributed by atoms with Gasteiger partial charge in [-0.25, -0.2) is 0 Å². The van der Waals surface area contributed by atoms with Crippen LogP contribution in [0.3, 0.4) is 0 Å². The van der Waals surface area contributed by atoms with E-state index in [-0.39, 0.29) is 5.38 Å². The smallest absolute Gasteiger partial charge is 0.0960 e. The van der Waals surface area contributed by atoms with Crippen LogP contribution in [0.15, 0.2) is 6.07 Å². The van der Waals surface area contributed by atoms with Crippen molar-refractivity contribution in [2.24, 2.45) is 5.92 Å². The number of halogens is 2. The van der Waals surface area contributed by atoms with Crippen molar-refractivity contribution in [1.82, 2.24) is 0 Å². The van der Waals surface area contributed by atoms with Crippen molar-refractivity contribution in [3.63, 3.8) is 0 Å². The maximum absolute atomic E-state index is 6.52. The molecule has 1 heterocycles. The van der Waals surface area contributed by atoms with Crippen LogP contribution in [-0.2, 0) is 0 Å². The molecule has 1 aromatic heterocycles. The quantitative estimate of drug-likeness (QED) is 0.612. The highest BCUT2D eigenvalue weighted by Gasteiger charge is 2.24. The number of aryl methyl sites for hydroxylation is 1. The highest BCUT2D eigenvalue weighted by atomic mass is 35.5. The van der Waals surface area contributed by atoms with E-state index < -0.39 is 0 Å². The van der Waals surface area contributed by atoms with E-state index in [1.165, 1.54) is 37.0 Å². The van der Waals surface area contributed by atoms with Gasteiger partial charge in [-0.05, 0) is 37.3 Å². The van der Waals surface area contributed by atoms with Gasteiger partial charge in [-0.1, -0.05) is 30.9 Å². The van der Waals surface area contributed by atoms with Gasteiger partial charge in [0.15, 0.2) is 0 Å². The maximum atomic E-state index is 6.52. The minimum absolute atomic E-state index is 0.182. The monoisotopic (exact) mass is 262 g/mol. The minimum atomic E-state index is 0.182. The Bertz CT molecular complexity index is 307. The van der Waals surface area contributed by atoms with Gasteiger partial charge in [-0.15, -0.1) is 22.9 Å². The summed E-state index contributed by atoms with van der Waals surface area (Å²) in [6.07, 6.45) is 6.62. The van der Waals surface area contributed by atoms with Crippen molar-refractivity contribution < 1.29 is 0 Å². The van der Waals surface area contributed by atoms with Crippen molar-refractivity contribution >= 4 is 34.5 Å². The van der Waals surface area contributed by atoms with Crippen LogP contribution in [0.4, 0.5) is 0 Å². The lowest BCUT2D eigenvalue weighted by atomic mass is 9.86. The molecular formula is C12H16Cl2S. The fourth-order valence-electron chi connectivity index (χ4n) is 2.28. The third-order valence-corrected chi connectivity index (χ3v) is 5.57. The van der Waals surface area contributed by atoms with Gasteiger partial charge in [-0.3, -0.25) is 0 Å². The normalized spacial score (nSPS) is 20.5. The van der Waals surface area contributed by atoms with Crippen molar-refractivity contribution in [2.45, 2.75) is 44.4 Å². The Morgan fingerprint density at radius 2 is 2.00 bits per heavy atom. The highest BCUT2D eigenvalue weighted by Crippen LogP contribution is 2.43. The first-order chi connectivity index (χ1) is 7.18. The second-order valence-electron chi connectivity index (χ2n) is 4.41. The summed E-state index contributed by atoms with van der Waals surface area (Å²) >= 11 is 14.2. The van der Waals surface area contributed by atoms with Crippen LogP contribution < -0.4 is 0 Å². The average Bonchev–Trinajstić information content (AvgIpc) is 2.59. The molecule has 0 aromatic carbocycles. The Balaban J connectivity index is 2.08. The molecule has 15 heavy (non-hydrogen) atoms. The van der Waals surface area contributed by atoms with E-state index >= 15 is 0 Å². The molecule has 0 saturated heterocycles. The van der Waals surface area contributed by atoms with Crippen LogP contribution in [0.1, 0.15) is 47.9 Å². The summed E-state index contributed by atoms with van der Waals surface area (Å²) in [6.45, 7) is 2.05. The Labute approximate surface area is 106 Å². The van der Waals surface area contributed by atoms with Gasteiger partial charge in [0, 0.05) is 4.88 Å². The van der Waals surface area contributed by atoms with Gasteiger partial charge in [0.2, 0.25) is 0 Å². The molecule has 1 fully saturated rings. The molecule has 1 aromatic rings. The van der Waals surface area contributed by atoms with Crippen LogP contribution in [0.25, 0.3) is 0 Å². The number of alkyl halides is 1. The van der Waals surface area contributed by atoms with E-state index in [1.54, 1.807) is 11.3 Å². The van der Waals surface area contributed by atoms with Gasteiger partial charge in [0.1, 0.15) is 0 Å². The minimum Gasteiger partial charge on any atom is -0.127 e. The lowest BCUT2D eigenvalue weighted by Crippen LogP contribution is -2.11. The van der Waals surface area contributed by atoms with Gasteiger partial charge in [0.05, 0.1) is 9.71 Å². The summed E-state index contributed by atoms with van der Waals surface area (Å²) in [5.74, 6) is 0.662. The molecular weight excluding hydrogens is 247 g/mol. The molecule has 1 unspecified atom stereocenters. The molecule has 84 valence electrons. The molecule has 1 atom stereocenters. The number of hydrogen-bond donors (Lipinski definition) is 0. The fraction of sp³-hybridized carbons (Fsp3) is 0.667. The molecule has 0 radical (unpaired) electrons. The molecule has 0 amide bonds. The topological polar surface area (TPSA) is 0 Å². The van der Waals surface area contributed by atoms with Crippen molar-refractivity contribution in [1.29, 1.82) is 0 Å². The molecule has 2 rings (SSSR count). The SMILES string of the molecule is Cc1cc(C(Cl)C2CCCCC2)sc1Cl. The first kappa shape index (κ1) is 11.8. The van der Waals surface area contributed by atoms with E-state index in [0.717, 1.165) is 9.90 Å². The van der Waals surface area contributed by atoms with Crippen LogP contribution >= 0.6 is 34.5 Å². The number of hydrogen-bond acceptors (Lipinski definition) is 1. The molecule has 1 aliphatic rings. The van der Waals surface area contributed by atoms with Gasteiger partial charge in [-0.2, -0.15) is 0 Å². The van der Waals surface area contributed by atoms with Crippen LogP contribution in [0.5, 0.6) is 0 Å². The largest absolute Gasteiger partial charge is 0.127 e. The lowest BCUT2D eigenvalue weighted by molar-refractivity contribution is 0.350. The maximum Gasteiger partial charge on any atom is 0.0960 e. The van der Waals surface area contributed by atoms with Crippen LogP contribution in [0, 0.1) is 12.8 Å². The van der Waals surface area contributed by atoms with E-state index in [4.69, 9.17) is 23.2 Å². The molecule has 0 N–H and O–H groups in total. The zero-order valence-electron chi connectivity index (χ0n) is 8.93. The molecule has 0 bridgehead atoms. The van der Waals surface area contributed by atoms with E-state index in [0.29, 0.717) is 5.92 Å². The summed E-state index contributed by atoms with van der Waals surface area (Å²) in [6, 6.07) is 2.15. The Morgan fingerprint density at radius 1 is 1.33 bits per heavy atom. The second-order valence-corrected chi connectivity index (χ2v) is 6.56. The van der Waals surface area contributed by atoms with Gasteiger partial charge in [0.25, 0.3) is 0 Å². The zero-order chi connectivity index (χ0) is 10.8. The van der Waals surface area contributed by atoms with Gasteiger partial charge < -0.3 is 0 Å². The van der Waals surface area contributed by atoms with E-state index in [9.17, 15) is 0 Å². The summed E-state index contributed by atoms with van der Waals surface area (Å²) in [5.41, 5.74) is 1.16. The van der Waals surface area contributed by atoms with Crippen molar-refractivity contribution in [3.05, 3.63) is 20.8 Å². The third-order valence-electron chi connectivity index (χ3n) is 3.21. The Morgan fingerprint density at radius 3 is 2.53 bits per heavy atom. The molecule has 0 spiro atoms. The predicted octanol–water partition coefficient (Wildman–Crippen LogP) is 5.57. The predicted molar refractivity (Wildman–Crippen MR) is 69.2 cm³/mol. The lowest BCUT2D eigenvalue weighted by Gasteiger charge is -2.25. The van der Waals surface area contributed by atoms with Crippen molar-refractivity contribution in [2.75, 3.05) is 0 Å². The van der Waals surface area contributed by atoms with Crippen LogP contribution in [0.2, 0.25) is 4.34 Å². The average molecular weight is 263 g/mol. The zero-order valence-corrected chi connectivity index (χ0v) is 11.3. The number of rotatable bonds is 2. The molecule has 3 heteroatoms. The molecule has 1 aliphatic carbocycles. The van der Waals surface area contributed by atoms with Crippen molar-refractivity contribution in [3.8, 4) is 0 Å². The standard InChI is InChI=1S/C12H16Cl2S/c1-8-7-10(15-12(8)14)11(13)9-5-3-2-4-6-9/h7,9,11H,2-6H2,1H3. The fourth-order valence-corrected chi connectivity index (χ4v) is 4.02. The summed E-state index contributed by atoms with van der Waals surface area (Å²) in [4.78, 5) is 1.26. The van der Waals surface area contributed by atoms with E-state index in [2.05, 4.69) is 6.07 Å². The summed E-state index contributed by atoms with van der Waals surface area (Å²) < 4.78 is 0.895. The Hall–Kier alpha value is 0.280. The first-order valence-corrected chi connectivity index (χ1v) is 7.21. The molecule has 0 nitrogen and oxygen atoms in total. The molecule has 0 aliphatic heterocycles. The highest BCUT2D eigenvalue weighted by molar-refractivity contribution is 7.16. The number of thiophene rings is 1. The van der Waals surface area contributed by atoms with E-state index in [1.807, 2.05) is 6.92 Å². The summed E-state index contributed by atoms with van der Waals surface area (Å²) in [5, 5.41) is 0.182. The molecule has 1 saturated carbocycles. The second kappa shape index (κ2) is 5.07. The van der Waals surface area contributed by atoms with Gasteiger partial charge >= 0.3 is 0 Å². The first-order valence-electron chi connectivity index (χ1n) is 5.58. The third kappa shape index (κ3) is 2.69. The van der Waals surface area contributed by atoms with Crippen LogP contribution in [-0.4, -0.2) is 0 Å². The summed E-state index contributed by atoms with van der Waals surface area (Å²) in [7, 11) is 0.